The average molecular weight is 265 g/mol. The number of carboxylic acids is 1. The van der Waals surface area contributed by atoms with Gasteiger partial charge in [-0.3, -0.25) is 4.79 Å². The molecule has 1 aliphatic rings. The SMILES string of the molecule is CN(CC1CCCCO1)S(=O)(=O)CCC(=O)O. The first kappa shape index (κ1) is 14.4. The Bertz CT molecular complexity index is 348. The van der Waals surface area contributed by atoms with E-state index in [1.54, 1.807) is 0 Å². The maximum atomic E-state index is 11.7. The van der Waals surface area contributed by atoms with Gasteiger partial charge < -0.3 is 9.84 Å². The van der Waals surface area contributed by atoms with Crippen molar-refractivity contribution in [2.45, 2.75) is 31.8 Å². The van der Waals surface area contributed by atoms with E-state index < -0.39 is 16.0 Å². The second kappa shape index (κ2) is 6.32. The van der Waals surface area contributed by atoms with Gasteiger partial charge in [0.25, 0.3) is 0 Å². The molecule has 0 bridgehead atoms. The smallest absolute Gasteiger partial charge is 0.304 e. The summed E-state index contributed by atoms with van der Waals surface area (Å²) < 4.78 is 30.1. The van der Waals surface area contributed by atoms with Gasteiger partial charge in [0.05, 0.1) is 18.3 Å². The zero-order chi connectivity index (χ0) is 12.9. The Balaban J connectivity index is 2.44. The highest BCUT2D eigenvalue weighted by molar-refractivity contribution is 7.89. The molecule has 0 saturated carbocycles. The Morgan fingerprint density at radius 3 is 2.71 bits per heavy atom. The van der Waals surface area contributed by atoms with Crippen LogP contribution in [-0.2, 0) is 19.6 Å². The summed E-state index contributed by atoms with van der Waals surface area (Å²) in [5.74, 6) is -1.46. The fourth-order valence-electron chi connectivity index (χ4n) is 1.72. The van der Waals surface area contributed by atoms with Gasteiger partial charge in [0, 0.05) is 20.2 Å². The van der Waals surface area contributed by atoms with Gasteiger partial charge in [-0.05, 0) is 19.3 Å². The number of sulfonamides is 1. The highest BCUT2D eigenvalue weighted by Gasteiger charge is 2.24. The molecule has 0 radical (unpaired) electrons. The Labute approximate surface area is 102 Å². The molecule has 1 atom stereocenters. The number of hydrogen-bond donors (Lipinski definition) is 1. The van der Waals surface area contributed by atoms with Crippen LogP contribution < -0.4 is 0 Å². The van der Waals surface area contributed by atoms with E-state index in [0.29, 0.717) is 13.2 Å². The van der Waals surface area contributed by atoms with Crippen molar-refractivity contribution in [3.05, 3.63) is 0 Å². The molecule has 0 amide bonds. The molecule has 1 fully saturated rings. The zero-order valence-corrected chi connectivity index (χ0v) is 10.8. The number of carbonyl (C=O) groups is 1. The normalized spacial score (nSPS) is 21.6. The van der Waals surface area contributed by atoms with Crippen LogP contribution in [0, 0.1) is 0 Å². The predicted octanol–water partition coefficient (Wildman–Crippen LogP) is 0.292. The van der Waals surface area contributed by atoms with E-state index in [0.717, 1.165) is 19.3 Å². The lowest BCUT2D eigenvalue weighted by atomic mass is 10.1. The topological polar surface area (TPSA) is 83.9 Å². The Kier molecular flexibility index (Phi) is 5.35. The van der Waals surface area contributed by atoms with Gasteiger partial charge in [-0.1, -0.05) is 0 Å². The van der Waals surface area contributed by atoms with Crippen LogP contribution >= 0.6 is 0 Å². The van der Waals surface area contributed by atoms with E-state index in [2.05, 4.69) is 0 Å². The first-order valence-corrected chi connectivity index (χ1v) is 7.30. The van der Waals surface area contributed by atoms with Crippen molar-refractivity contribution in [1.29, 1.82) is 0 Å². The van der Waals surface area contributed by atoms with Crippen LogP contribution in [0.1, 0.15) is 25.7 Å². The summed E-state index contributed by atoms with van der Waals surface area (Å²) in [6.45, 7) is 0.982. The molecule has 7 heteroatoms. The molecule has 0 aromatic heterocycles. The van der Waals surface area contributed by atoms with Crippen LogP contribution in [0.4, 0.5) is 0 Å². The number of aliphatic carboxylic acids is 1. The van der Waals surface area contributed by atoms with E-state index in [-0.39, 0.29) is 18.3 Å². The number of rotatable bonds is 6. The minimum atomic E-state index is -3.48. The first-order valence-electron chi connectivity index (χ1n) is 5.69. The summed E-state index contributed by atoms with van der Waals surface area (Å²) >= 11 is 0. The standard InChI is InChI=1S/C10H19NO5S/c1-11(8-9-4-2-3-6-16-9)17(14,15)7-5-10(12)13/h9H,2-8H2,1H3,(H,12,13). The number of ether oxygens (including phenoxy) is 1. The summed E-state index contributed by atoms with van der Waals surface area (Å²) in [4.78, 5) is 10.4. The molecule has 1 N–H and O–H groups in total. The van der Waals surface area contributed by atoms with E-state index >= 15 is 0 Å². The van der Waals surface area contributed by atoms with Crippen LogP contribution in [0.15, 0.2) is 0 Å². The monoisotopic (exact) mass is 265 g/mol. The first-order chi connectivity index (χ1) is 7.92. The third-order valence-electron chi connectivity index (χ3n) is 2.78. The van der Waals surface area contributed by atoms with Gasteiger partial charge in [0.1, 0.15) is 0 Å². The molecule has 1 rings (SSSR count). The molecule has 1 saturated heterocycles. The van der Waals surface area contributed by atoms with Gasteiger partial charge in [-0.2, -0.15) is 0 Å². The third-order valence-corrected chi connectivity index (χ3v) is 4.60. The van der Waals surface area contributed by atoms with Crippen LogP contribution in [0.2, 0.25) is 0 Å². The summed E-state index contributed by atoms with van der Waals surface area (Å²) in [5.41, 5.74) is 0. The fraction of sp³-hybridized carbons (Fsp3) is 0.900. The number of hydrogen-bond acceptors (Lipinski definition) is 4. The summed E-state index contributed by atoms with van der Waals surface area (Å²) in [5, 5.41) is 8.47. The maximum absolute atomic E-state index is 11.7. The minimum Gasteiger partial charge on any atom is -0.481 e. The fourth-order valence-corrected chi connectivity index (χ4v) is 2.86. The molecular weight excluding hydrogens is 246 g/mol. The summed E-state index contributed by atoms with van der Waals surface area (Å²) in [7, 11) is -2.01. The number of likely N-dealkylation sites (N-methyl/N-ethyl adjacent to an activating group) is 1. The Hall–Kier alpha value is -0.660. The quantitative estimate of drug-likeness (QED) is 0.746. The highest BCUT2D eigenvalue weighted by atomic mass is 32.2. The molecule has 0 spiro atoms. The van der Waals surface area contributed by atoms with E-state index in [9.17, 15) is 13.2 Å². The largest absolute Gasteiger partial charge is 0.481 e. The van der Waals surface area contributed by atoms with Crippen molar-refractivity contribution < 1.29 is 23.1 Å². The third kappa shape index (κ3) is 5.01. The lowest BCUT2D eigenvalue weighted by Gasteiger charge is -2.26. The Morgan fingerprint density at radius 1 is 1.47 bits per heavy atom. The molecule has 1 heterocycles. The van der Waals surface area contributed by atoms with Crippen LogP contribution in [0.25, 0.3) is 0 Å². The van der Waals surface area contributed by atoms with Gasteiger partial charge in [-0.15, -0.1) is 0 Å². The van der Waals surface area contributed by atoms with Crippen LogP contribution in [0.3, 0.4) is 0 Å². The van der Waals surface area contributed by atoms with Gasteiger partial charge in [0.2, 0.25) is 10.0 Å². The molecule has 1 aliphatic heterocycles. The van der Waals surface area contributed by atoms with Crippen LogP contribution in [-0.4, -0.2) is 55.9 Å². The maximum Gasteiger partial charge on any atom is 0.304 e. The lowest BCUT2D eigenvalue weighted by Crippen LogP contribution is -2.38. The van der Waals surface area contributed by atoms with Crippen molar-refractivity contribution in [3.63, 3.8) is 0 Å². The molecule has 6 nitrogen and oxygen atoms in total. The van der Waals surface area contributed by atoms with Gasteiger partial charge >= 0.3 is 5.97 Å². The average Bonchev–Trinajstić information content (AvgIpc) is 2.28. The molecule has 0 aliphatic carbocycles. The van der Waals surface area contributed by atoms with Crippen molar-refractivity contribution >= 4 is 16.0 Å². The Morgan fingerprint density at radius 2 is 2.18 bits per heavy atom. The highest BCUT2D eigenvalue weighted by Crippen LogP contribution is 2.14. The van der Waals surface area contributed by atoms with Crippen molar-refractivity contribution in [2.75, 3.05) is 26.0 Å². The summed E-state index contributed by atoms with van der Waals surface area (Å²) in [6, 6.07) is 0. The molecule has 100 valence electrons. The molecular formula is C10H19NO5S. The van der Waals surface area contributed by atoms with Gasteiger partial charge in [0.15, 0.2) is 0 Å². The predicted molar refractivity (Wildman–Crippen MR) is 62.3 cm³/mol. The number of carboxylic acid groups (broad SMARTS) is 1. The molecule has 0 aromatic rings. The van der Waals surface area contributed by atoms with Crippen molar-refractivity contribution in [1.82, 2.24) is 4.31 Å². The molecule has 1 unspecified atom stereocenters. The second-order valence-electron chi connectivity index (χ2n) is 4.23. The van der Waals surface area contributed by atoms with Gasteiger partial charge in [-0.25, -0.2) is 12.7 Å². The molecule has 0 aromatic carbocycles. The van der Waals surface area contributed by atoms with Crippen molar-refractivity contribution in [2.24, 2.45) is 0 Å². The minimum absolute atomic E-state index is 0.0617. The lowest BCUT2D eigenvalue weighted by molar-refractivity contribution is -0.136. The van der Waals surface area contributed by atoms with Crippen molar-refractivity contribution in [3.8, 4) is 0 Å². The number of nitrogens with zero attached hydrogens (tertiary/aromatic N) is 1. The molecule has 17 heavy (non-hydrogen) atoms. The second-order valence-corrected chi connectivity index (χ2v) is 6.42. The van der Waals surface area contributed by atoms with E-state index in [1.165, 1.54) is 11.4 Å². The van der Waals surface area contributed by atoms with E-state index in [1.807, 2.05) is 0 Å². The van der Waals surface area contributed by atoms with E-state index in [4.69, 9.17) is 9.84 Å². The summed E-state index contributed by atoms with van der Waals surface area (Å²) in [6.07, 6.45) is 2.50. The zero-order valence-electron chi connectivity index (χ0n) is 9.96. The van der Waals surface area contributed by atoms with Crippen LogP contribution in [0.5, 0.6) is 0 Å².